The molecule has 1 amide bonds. The Morgan fingerprint density at radius 1 is 1.10 bits per heavy atom. The topological polar surface area (TPSA) is 53.4 Å². The van der Waals surface area contributed by atoms with Gasteiger partial charge in [-0.05, 0) is 42.8 Å². The van der Waals surface area contributed by atoms with Crippen LogP contribution in [0.3, 0.4) is 0 Å². The molecule has 1 aliphatic rings. The van der Waals surface area contributed by atoms with Crippen LogP contribution in [0, 0.1) is 6.92 Å². The molecule has 1 aliphatic heterocycles. The highest BCUT2D eigenvalue weighted by molar-refractivity contribution is 6.30. The Kier molecular flexibility index (Phi) is 5.83. The van der Waals surface area contributed by atoms with Crippen LogP contribution in [0.4, 0.5) is 11.6 Å². The van der Waals surface area contributed by atoms with Gasteiger partial charge < -0.3 is 10.2 Å². The van der Waals surface area contributed by atoms with Gasteiger partial charge in [0.1, 0.15) is 0 Å². The maximum atomic E-state index is 12.4. The molecule has 2 heterocycles. The fourth-order valence-electron chi connectivity index (χ4n) is 3.59. The number of amides is 1. The predicted molar refractivity (Wildman–Crippen MR) is 117 cm³/mol. The van der Waals surface area contributed by atoms with Crippen molar-refractivity contribution in [3.63, 3.8) is 0 Å². The molecule has 7 heteroatoms. The average Bonchev–Trinajstić information content (AvgIpc) is 3.18. The Labute approximate surface area is 175 Å². The summed E-state index contributed by atoms with van der Waals surface area (Å²) in [5.74, 6) is 0.917. The minimum absolute atomic E-state index is 0.0180. The lowest BCUT2D eigenvalue weighted by atomic mass is 10.2. The minimum Gasteiger partial charge on any atom is -0.339 e. The Bertz CT molecular complexity index is 994. The SMILES string of the molecule is Cc1cccc(NC(=O)CN2CCN(c3nccn3-c3cccc(Cl)c3)CC2)c1. The van der Waals surface area contributed by atoms with E-state index in [9.17, 15) is 4.79 Å². The van der Waals surface area contributed by atoms with Gasteiger partial charge in [0, 0.05) is 55.0 Å². The van der Waals surface area contributed by atoms with Gasteiger partial charge in [-0.2, -0.15) is 0 Å². The second-order valence-corrected chi connectivity index (χ2v) is 7.69. The zero-order valence-corrected chi connectivity index (χ0v) is 17.1. The minimum atomic E-state index is 0.0180. The fraction of sp³-hybridized carbons (Fsp3) is 0.273. The van der Waals surface area contributed by atoms with Crippen LogP contribution < -0.4 is 10.2 Å². The molecule has 0 atom stereocenters. The van der Waals surface area contributed by atoms with E-state index >= 15 is 0 Å². The second-order valence-electron chi connectivity index (χ2n) is 7.26. The van der Waals surface area contributed by atoms with Crippen LogP contribution in [0.1, 0.15) is 5.56 Å². The van der Waals surface area contributed by atoms with Crippen LogP contribution in [-0.4, -0.2) is 53.1 Å². The third-order valence-electron chi connectivity index (χ3n) is 5.03. The van der Waals surface area contributed by atoms with Crippen LogP contribution in [0.25, 0.3) is 5.69 Å². The van der Waals surface area contributed by atoms with Crippen LogP contribution in [-0.2, 0) is 4.79 Å². The van der Waals surface area contributed by atoms with Crippen molar-refractivity contribution in [2.75, 3.05) is 42.9 Å². The van der Waals surface area contributed by atoms with Gasteiger partial charge in [-0.25, -0.2) is 4.98 Å². The number of anilines is 2. The summed E-state index contributed by atoms with van der Waals surface area (Å²) in [5.41, 5.74) is 2.97. The van der Waals surface area contributed by atoms with E-state index in [0.29, 0.717) is 11.6 Å². The molecule has 0 bridgehead atoms. The number of benzene rings is 2. The van der Waals surface area contributed by atoms with E-state index in [0.717, 1.165) is 49.1 Å². The summed E-state index contributed by atoms with van der Waals surface area (Å²) in [6, 6.07) is 15.6. The number of nitrogens with zero attached hydrogens (tertiary/aromatic N) is 4. The molecule has 0 spiro atoms. The van der Waals surface area contributed by atoms with Gasteiger partial charge in [-0.3, -0.25) is 14.3 Å². The van der Waals surface area contributed by atoms with Crippen molar-refractivity contribution in [2.24, 2.45) is 0 Å². The van der Waals surface area contributed by atoms with Gasteiger partial charge in [-0.15, -0.1) is 0 Å². The number of piperazine rings is 1. The number of carbonyl (C=O) groups is 1. The number of aromatic nitrogens is 2. The number of hydrogen-bond donors (Lipinski definition) is 1. The van der Waals surface area contributed by atoms with E-state index in [1.54, 1.807) is 6.20 Å². The molecule has 1 N–H and O–H groups in total. The highest BCUT2D eigenvalue weighted by atomic mass is 35.5. The fourth-order valence-corrected chi connectivity index (χ4v) is 3.77. The molecule has 1 fully saturated rings. The van der Waals surface area contributed by atoms with E-state index in [1.807, 2.05) is 66.2 Å². The monoisotopic (exact) mass is 409 g/mol. The Morgan fingerprint density at radius 2 is 1.90 bits per heavy atom. The maximum absolute atomic E-state index is 12.4. The summed E-state index contributed by atoms with van der Waals surface area (Å²) in [6.07, 6.45) is 3.75. The van der Waals surface area contributed by atoms with Crippen molar-refractivity contribution in [3.05, 3.63) is 71.5 Å². The number of rotatable bonds is 5. The zero-order valence-electron chi connectivity index (χ0n) is 16.4. The highest BCUT2D eigenvalue weighted by Crippen LogP contribution is 2.22. The maximum Gasteiger partial charge on any atom is 0.238 e. The Morgan fingerprint density at radius 3 is 2.66 bits per heavy atom. The van der Waals surface area contributed by atoms with Gasteiger partial charge in [-0.1, -0.05) is 29.8 Å². The zero-order chi connectivity index (χ0) is 20.2. The molecule has 3 aromatic rings. The van der Waals surface area contributed by atoms with Gasteiger partial charge in [0.05, 0.1) is 6.54 Å². The van der Waals surface area contributed by atoms with Crippen LogP contribution >= 0.6 is 11.6 Å². The lowest BCUT2D eigenvalue weighted by Gasteiger charge is -2.35. The predicted octanol–water partition coefficient (Wildman–Crippen LogP) is 3.59. The van der Waals surface area contributed by atoms with Gasteiger partial charge in [0.25, 0.3) is 0 Å². The molecule has 29 heavy (non-hydrogen) atoms. The molecular formula is C22H24ClN5O. The summed E-state index contributed by atoms with van der Waals surface area (Å²) >= 11 is 6.14. The third-order valence-corrected chi connectivity index (χ3v) is 5.27. The molecule has 0 radical (unpaired) electrons. The van der Waals surface area contributed by atoms with E-state index in [2.05, 4.69) is 20.1 Å². The van der Waals surface area contributed by atoms with Crippen molar-refractivity contribution in [1.82, 2.24) is 14.5 Å². The van der Waals surface area contributed by atoms with E-state index in [4.69, 9.17) is 11.6 Å². The Balaban J connectivity index is 1.34. The molecule has 0 aliphatic carbocycles. The molecular weight excluding hydrogens is 386 g/mol. The first-order valence-electron chi connectivity index (χ1n) is 9.71. The number of hydrogen-bond acceptors (Lipinski definition) is 4. The van der Waals surface area contributed by atoms with Crippen molar-refractivity contribution in [2.45, 2.75) is 6.92 Å². The molecule has 0 saturated carbocycles. The molecule has 2 aromatic carbocycles. The number of nitrogens with one attached hydrogen (secondary N) is 1. The van der Waals surface area contributed by atoms with Crippen molar-refractivity contribution in [1.29, 1.82) is 0 Å². The number of imidazole rings is 1. The molecule has 6 nitrogen and oxygen atoms in total. The van der Waals surface area contributed by atoms with E-state index in [-0.39, 0.29) is 5.91 Å². The van der Waals surface area contributed by atoms with Gasteiger partial charge in [0.15, 0.2) is 0 Å². The molecule has 1 saturated heterocycles. The van der Waals surface area contributed by atoms with Gasteiger partial charge >= 0.3 is 0 Å². The number of aryl methyl sites for hydroxylation is 1. The smallest absolute Gasteiger partial charge is 0.238 e. The summed E-state index contributed by atoms with van der Waals surface area (Å²) in [5, 5.41) is 3.68. The first-order valence-corrected chi connectivity index (χ1v) is 10.1. The lowest BCUT2D eigenvalue weighted by Crippen LogP contribution is -2.49. The summed E-state index contributed by atoms with van der Waals surface area (Å²) < 4.78 is 2.05. The second kappa shape index (κ2) is 8.68. The molecule has 4 rings (SSSR count). The first-order chi connectivity index (χ1) is 14.1. The van der Waals surface area contributed by atoms with Crippen molar-refractivity contribution < 1.29 is 4.79 Å². The van der Waals surface area contributed by atoms with E-state index in [1.165, 1.54) is 0 Å². The molecule has 1 aromatic heterocycles. The van der Waals surface area contributed by atoms with Crippen LogP contribution in [0.5, 0.6) is 0 Å². The van der Waals surface area contributed by atoms with Crippen LogP contribution in [0.2, 0.25) is 5.02 Å². The summed E-state index contributed by atoms with van der Waals surface area (Å²) in [4.78, 5) is 21.3. The largest absolute Gasteiger partial charge is 0.339 e. The summed E-state index contributed by atoms with van der Waals surface area (Å²) in [6.45, 7) is 5.66. The molecule has 0 unspecified atom stereocenters. The van der Waals surface area contributed by atoms with Crippen LogP contribution in [0.15, 0.2) is 60.9 Å². The van der Waals surface area contributed by atoms with E-state index < -0.39 is 0 Å². The average molecular weight is 410 g/mol. The number of carbonyl (C=O) groups excluding carboxylic acids is 1. The lowest BCUT2D eigenvalue weighted by molar-refractivity contribution is -0.117. The van der Waals surface area contributed by atoms with Crippen molar-refractivity contribution >= 4 is 29.1 Å². The normalized spacial score (nSPS) is 14.8. The third kappa shape index (κ3) is 4.78. The summed E-state index contributed by atoms with van der Waals surface area (Å²) in [7, 11) is 0. The standard InChI is InChI=1S/C22H24ClN5O/c1-17-4-2-6-19(14-17)25-21(29)16-26-10-12-27(13-11-26)22-24-8-9-28(22)20-7-3-5-18(23)15-20/h2-9,14-15H,10-13,16H2,1H3,(H,25,29). The van der Waals surface area contributed by atoms with Gasteiger partial charge in [0.2, 0.25) is 11.9 Å². The molecule has 150 valence electrons. The number of halogens is 1. The quantitative estimate of drug-likeness (QED) is 0.699. The van der Waals surface area contributed by atoms with Crippen molar-refractivity contribution in [3.8, 4) is 5.69 Å². The Hall–Kier alpha value is -2.83. The highest BCUT2D eigenvalue weighted by Gasteiger charge is 2.22. The first kappa shape index (κ1) is 19.5.